The Morgan fingerprint density at radius 3 is 2.58 bits per heavy atom. The molecule has 0 spiro atoms. The molecule has 106 valence electrons. The molecule has 1 unspecified atom stereocenters. The highest BCUT2D eigenvalue weighted by atomic mass is 16.5. The first-order valence-electron chi connectivity index (χ1n) is 6.58. The second kappa shape index (κ2) is 7.14. The standard InChI is InChI=1S/C15H23NO3/c1-10(2)12-5-6-14(19-4)13(9-12)7-8-16-15(18)11(3)17/h5-6,9-11,17H,7-8H2,1-4H3,(H,16,18). The van der Waals surface area contributed by atoms with E-state index in [-0.39, 0.29) is 5.91 Å². The maximum atomic E-state index is 11.3. The minimum Gasteiger partial charge on any atom is -0.496 e. The third kappa shape index (κ3) is 4.56. The van der Waals surface area contributed by atoms with Gasteiger partial charge in [-0.05, 0) is 36.5 Å². The van der Waals surface area contributed by atoms with Crippen LogP contribution in [0.2, 0.25) is 0 Å². The van der Waals surface area contributed by atoms with Crippen molar-refractivity contribution in [1.82, 2.24) is 5.32 Å². The van der Waals surface area contributed by atoms with Crippen LogP contribution in [0.1, 0.15) is 37.8 Å². The van der Waals surface area contributed by atoms with E-state index in [1.54, 1.807) is 7.11 Å². The molecule has 0 saturated carbocycles. The summed E-state index contributed by atoms with van der Waals surface area (Å²) in [7, 11) is 1.64. The highest BCUT2D eigenvalue weighted by molar-refractivity contribution is 5.79. The van der Waals surface area contributed by atoms with Crippen molar-refractivity contribution in [2.45, 2.75) is 39.2 Å². The number of nitrogens with one attached hydrogen (secondary N) is 1. The number of benzene rings is 1. The predicted octanol–water partition coefficient (Wildman–Crippen LogP) is 1.86. The zero-order valence-corrected chi connectivity index (χ0v) is 12.1. The number of rotatable bonds is 6. The molecule has 1 aromatic rings. The van der Waals surface area contributed by atoms with Gasteiger partial charge < -0.3 is 15.2 Å². The summed E-state index contributed by atoms with van der Waals surface area (Å²) >= 11 is 0. The highest BCUT2D eigenvalue weighted by Crippen LogP contribution is 2.24. The second-order valence-electron chi connectivity index (χ2n) is 4.94. The largest absolute Gasteiger partial charge is 0.496 e. The summed E-state index contributed by atoms with van der Waals surface area (Å²) in [5.41, 5.74) is 2.32. The monoisotopic (exact) mass is 265 g/mol. The predicted molar refractivity (Wildman–Crippen MR) is 75.5 cm³/mol. The maximum Gasteiger partial charge on any atom is 0.248 e. The van der Waals surface area contributed by atoms with Crippen molar-refractivity contribution < 1.29 is 14.6 Å². The minimum absolute atomic E-state index is 0.348. The third-order valence-corrected chi connectivity index (χ3v) is 3.04. The first-order chi connectivity index (χ1) is 8.95. The zero-order valence-electron chi connectivity index (χ0n) is 12.1. The van der Waals surface area contributed by atoms with E-state index < -0.39 is 6.10 Å². The molecule has 0 aliphatic rings. The molecule has 0 heterocycles. The van der Waals surface area contributed by atoms with Crippen LogP contribution in [0.4, 0.5) is 0 Å². The summed E-state index contributed by atoms with van der Waals surface area (Å²) < 4.78 is 5.32. The molecular formula is C15H23NO3. The van der Waals surface area contributed by atoms with Crippen LogP contribution in [0.15, 0.2) is 18.2 Å². The molecule has 0 aromatic heterocycles. The van der Waals surface area contributed by atoms with Crippen LogP contribution in [-0.4, -0.2) is 30.8 Å². The lowest BCUT2D eigenvalue weighted by atomic mass is 9.99. The zero-order chi connectivity index (χ0) is 14.4. The van der Waals surface area contributed by atoms with Crippen molar-refractivity contribution in [3.8, 4) is 5.75 Å². The third-order valence-electron chi connectivity index (χ3n) is 3.04. The fourth-order valence-corrected chi connectivity index (χ4v) is 1.82. The van der Waals surface area contributed by atoms with Crippen LogP contribution in [-0.2, 0) is 11.2 Å². The van der Waals surface area contributed by atoms with Gasteiger partial charge in [0, 0.05) is 6.54 Å². The van der Waals surface area contributed by atoms with E-state index in [4.69, 9.17) is 9.84 Å². The van der Waals surface area contributed by atoms with Gasteiger partial charge in [-0.2, -0.15) is 0 Å². The van der Waals surface area contributed by atoms with Crippen LogP contribution >= 0.6 is 0 Å². The average molecular weight is 265 g/mol. The van der Waals surface area contributed by atoms with E-state index in [2.05, 4.69) is 31.3 Å². The number of carbonyl (C=O) groups excluding carboxylic acids is 1. The van der Waals surface area contributed by atoms with E-state index in [0.29, 0.717) is 18.9 Å². The van der Waals surface area contributed by atoms with Gasteiger partial charge in [0.2, 0.25) is 5.91 Å². The van der Waals surface area contributed by atoms with Crippen LogP contribution in [0.3, 0.4) is 0 Å². The Morgan fingerprint density at radius 1 is 1.37 bits per heavy atom. The van der Waals surface area contributed by atoms with E-state index in [1.165, 1.54) is 12.5 Å². The fourth-order valence-electron chi connectivity index (χ4n) is 1.82. The molecule has 0 radical (unpaired) electrons. The van der Waals surface area contributed by atoms with E-state index in [1.807, 2.05) is 6.07 Å². The van der Waals surface area contributed by atoms with Crippen LogP contribution in [0.5, 0.6) is 5.75 Å². The lowest BCUT2D eigenvalue weighted by molar-refractivity contribution is -0.128. The number of hydrogen-bond acceptors (Lipinski definition) is 3. The molecular weight excluding hydrogens is 242 g/mol. The van der Waals surface area contributed by atoms with E-state index >= 15 is 0 Å². The van der Waals surface area contributed by atoms with Gasteiger partial charge in [-0.1, -0.05) is 26.0 Å². The number of ether oxygens (including phenoxy) is 1. The number of hydrogen-bond donors (Lipinski definition) is 2. The Morgan fingerprint density at radius 2 is 2.05 bits per heavy atom. The topological polar surface area (TPSA) is 58.6 Å². The SMILES string of the molecule is COc1ccc(C(C)C)cc1CCNC(=O)C(C)O. The Hall–Kier alpha value is -1.55. The molecule has 1 rings (SSSR count). The Kier molecular flexibility index (Phi) is 5.83. The molecule has 1 atom stereocenters. The van der Waals surface area contributed by atoms with Crippen molar-refractivity contribution in [3.05, 3.63) is 29.3 Å². The summed E-state index contributed by atoms with van der Waals surface area (Å²) in [5, 5.41) is 11.8. The van der Waals surface area contributed by atoms with Gasteiger partial charge >= 0.3 is 0 Å². The lowest BCUT2D eigenvalue weighted by Gasteiger charge is -2.13. The molecule has 0 bridgehead atoms. The fraction of sp³-hybridized carbons (Fsp3) is 0.533. The first-order valence-corrected chi connectivity index (χ1v) is 6.58. The molecule has 0 aliphatic heterocycles. The minimum atomic E-state index is -0.969. The second-order valence-corrected chi connectivity index (χ2v) is 4.94. The molecule has 0 aliphatic carbocycles. The van der Waals surface area contributed by atoms with Crippen LogP contribution in [0.25, 0.3) is 0 Å². The van der Waals surface area contributed by atoms with Gasteiger partial charge in [-0.3, -0.25) is 4.79 Å². The Bertz CT molecular complexity index is 427. The van der Waals surface area contributed by atoms with Gasteiger partial charge in [-0.15, -0.1) is 0 Å². The van der Waals surface area contributed by atoms with Gasteiger partial charge in [0.25, 0.3) is 0 Å². The molecule has 19 heavy (non-hydrogen) atoms. The van der Waals surface area contributed by atoms with Crippen molar-refractivity contribution in [2.24, 2.45) is 0 Å². The summed E-state index contributed by atoms with van der Waals surface area (Å²) in [5.74, 6) is 0.936. The summed E-state index contributed by atoms with van der Waals surface area (Å²) in [6.45, 7) is 6.22. The number of aliphatic hydroxyl groups is 1. The molecule has 1 aromatic carbocycles. The van der Waals surface area contributed by atoms with Gasteiger partial charge in [-0.25, -0.2) is 0 Å². The van der Waals surface area contributed by atoms with Gasteiger partial charge in [0.1, 0.15) is 11.9 Å². The van der Waals surface area contributed by atoms with Gasteiger partial charge in [0.15, 0.2) is 0 Å². The van der Waals surface area contributed by atoms with Crippen molar-refractivity contribution in [1.29, 1.82) is 0 Å². The molecule has 0 fully saturated rings. The number of aliphatic hydroxyl groups excluding tert-OH is 1. The number of methoxy groups -OCH3 is 1. The Balaban J connectivity index is 2.70. The summed E-state index contributed by atoms with van der Waals surface area (Å²) in [4.78, 5) is 11.3. The quantitative estimate of drug-likeness (QED) is 0.825. The van der Waals surface area contributed by atoms with Crippen molar-refractivity contribution in [3.63, 3.8) is 0 Å². The summed E-state index contributed by atoms with van der Waals surface area (Å²) in [6.07, 6.45) is -0.286. The molecule has 2 N–H and O–H groups in total. The van der Waals surface area contributed by atoms with Crippen molar-refractivity contribution >= 4 is 5.91 Å². The lowest BCUT2D eigenvalue weighted by Crippen LogP contribution is -2.33. The van der Waals surface area contributed by atoms with Crippen LogP contribution in [0, 0.1) is 0 Å². The van der Waals surface area contributed by atoms with Gasteiger partial charge in [0.05, 0.1) is 7.11 Å². The van der Waals surface area contributed by atoms with Crippen molar-refractivity contribution in [2.75, 3.05) is 13.7 Å². The normalized spacial score (nSPS) is 12.3. The van der Waals surface area contributed by atoms with E-state index in [0.717, 1.165) is 11.3 Å². The molecule has 0 saturated heterocycles. The maximum absolute atomic E-state index is 11.3. The van der Waals surface area contributed by atoms with E-state index in [9.17, 15) is 4.79 Å². The molecule has 1 amide bonds. The average Bonchev–Trinajstić information content (AvgIpc) is 2.38. The molecule has 4 heteroatoms. The smallest absolute Gasteiger partial charge is 0.248 e. The molecule has 4 nitrogen and oxygen atoms in total. The number of amides is 1. The summed E-state index contributed by atoms with van der Waals surface area (Å²) in [6, 6.07) is 6.13. The highest BCUT2D eigenvalue weighted by Gasteiger charge is 2.10. The number of carbonyl (C=O) groups is 1. The first kappa shape index (κ1) is 15.5. The Labute approximate surface area is 114 Å². The van der Waals surface area contributed by atoms with Crippen LogP contribution < -0.4 is 10.1 Å².